The zero-order valence-corrected chi connectivity index (χ0v) is 11.9. The van der Waals surface area contributed by atoms with E-state index < -0.39 is 0 Å². The molecule has 0 bridgehead atoms. The normalized spacial score (nSPS) is 11.3. The van der Waals surface area contributed by atoms with Crippen molar-refractivity contribution in [3.05, 3.63) is 77.9 Å². The fraction of sp³-hybridized carbons (Fsp3) is 0.100. The first-order valence-electron chi connectivity index (χ1n) is 7.01. The maximum absolute atomic E-state index is 2.27. The monoisotopic (exact) mass is 258 g/mol. The molecule has 0 fully saturated rings. The van der Waals surface area contributed by atoms with Crippen LogP contribution in [0.15, 0.2) is 66.7 Å². The molecular formula is C20H18. The second kappa shape index (κ2) is 5.34. The molecule has 3 aromatic rings. The first kappa shape index (κ1) is 12.7. The minimum Gasteiger partial charge on any atom is -0.0871 e. The fourth-order valence-electron chi connectivity index (χ4n) is 2.69. The lowest BCUT2D eigenvalue weighted by molar-refractivity contribution is 1.44. The number of hydrogen-bond donors (Lipinski definition) is 0. The van der Waals surface area contributed by atoms with Crippen LogP contribution in [0.3, 0.4) is 0 Å². The summed E-state index contributed by atoms with van der Waals surface area (Å²) in [6.45, 7) is 4.22. The Kier molecular flexibility index (Phi) is 3.39. The molecule has 3 aromatic carbocycles. The molecule has 0 aromatic heterocycles. The highest BCUT2D eigenvalue weighted by atomic mass is 14.1. The molecule has 98 valence electrons. The van der Waals surface area contributed by atoms with Gasteiger partial charge in [0.05, 0.1) is 0 Å². The quantitative estimate of drug-likeness (QED) is 0.541. The van der Waals surface area contributed by atoms with Gasteiger partial charge in [0.15, 0.2) is 0 Å². The van der Waals surface area contributed by atoms with E-state index in [1.807, 2.05) is 0 Å². The Bertz CT molecular complexity index is 774. The van der Waals surface area contributed by atoms with Gasteiger partial charge in [0.25, 0.3) is 0 Å². The Morgan fingerprint density at radius 2 is 1.65 bits per heavy atom. The second-order valence-corrected chi connectivity index (χ2v) is 5.10. The third-order valence-electron chi connectivity index (χ3n) is 3.72. The summed E-state index contributed by atoms with van der Waals surface area (Å²) >= 11 is 0. The van der Waals surface area contributed by atoms with Gasteiger partial charge in [0.2, 0.25) is 0 Å². The average Bonchev–Trinajstić information content (AvgIpc) is 2.49. The smallest absolute Gasteiger partial charge is 0.0105 e. The van der Waals surface area contributed by atoms with E-state index in [4.69, 9.17) is 0 Å². The largest absolute Gasteiger partial charge is 0.0871 e. The minimum absolute atomic E-state index is 1.28. The molecule has 20 heavy (non-hydrogen) atoms. The summed E-state index contributed by atoms with van der Waals surface area (Å²) in [6, 6.07) is 21.7. The molecule has 0 spiro atoms. The van der Waals surface area contributed by atoms with Gasteiger partial charge in [-0.3, -0.25) is 0 Å². The molecule has 0 radical (unpaired) electrons. The van der Waals surface area contributed by atoms with E-state index in [2.05, 4.69) is 86.7 Å². The maximum Gasteiger partial charge on any atom is -0.0105 e. The van der Waals surface area contributed by atoms with Gasteiger partial charge < -0.3 is 0 Å². The van der Waals surface area contributed by atoms with Crippen LogP contribution in [-0.4, -0.2) is 0 Å². The molecule has 0 saturated carbocycles. The number of benzene rings is 3. The highest BCUT2D eigenvalue weighted by Gasteiger charge is 2.04. The lowest BCUT2D eigenvalue weighted by atomic mass is 9.95. The summed E-state index contributed by atoms with van der Waals surface area (Å²) in [7, 11) is 0. The highest BCUT2D eigenvalue weighted by molar-refractivity contribution is 5.96. The van der Waals surface area contributed by atoms with Gasteiger partial charge in [-0.15, -0.1) is 0 Å². The Balaban J connectivity index is 2.19. The molecule has 0 aliphatic rings. The first-order valence-corrected chi connectivity index (χ1v) is 7.01. The molecule has 0 amide bonds. The van der Waals surface area contributed by atoms with E-state index in [1.165, 1.54) is 33.0 Å². The van der Waals surface area contributed by atoms with Crippen LogP contribution in [0.1, 0.15) is 18.1 Å². The van der Waals surface area contributed by atoms with Gasteiger partial charge in [-0.2, -0.15) is 0 Å². The van der Waals surface area contributed by atoms with Gasteiger partial charge in [0.1, 0.15) is 0 Å². The van der Waals surface area contributed by atoms with Crippen molar-refractivity contribution in [2.75, 3.05) is 0 Å². The van der Waals surface area contributed by atoms with Crippen molar-refractivity contribution < 1.29 is 0 Å². The number of fused-ring (bicyclic) bond motifs is 1. The van der Waals surface area contributed by atoms with Crippen molar-refractivity contribution in [3.8, 4) is 11.1 Å². The molecule has 0 aliphatic heterocycles. The predicted molar refractivity (Wildman–Crippen MR) is 88.8 cm³/mol. The van der Waals surface area contributed by atoms with Crippen molar-refractivity contribution in [2.45, 2.75) is 13.8 Å². The summed E-state index contributed by atoms with van der Waals surface area (Å²) in [5, 5.41) is 2.60. The second-order valence-electron chi connectivity index (χ2n) is 5.10. The van der Waals surface area contributed by atoms with Crippen LogP contribution in [-0.2, 0) is 0 Å². The summed E-state index contributed by atoms with van der Waals surface area (Å²) in [4.78, 5) is 0. The van der Waals surface area contributed by atoms with Crippen LogP contribution >= 0.6 is 0 Å². The summed E-state index contributed by atoms with van der Waals surface area (Å²) in [5.74, 6) is 0. The predicted octanol–water partition coefficient (Wildman–Crippen LogP) is 5.85. The van der Waals surface area contributed by atoms with Crippen LogP contribution in [0.4, 0.5) is 0 Å². The van der Waals surface area contributed by atoms with Crippen LogP contribution in [0.25, 0.3) is 28.0 Å². The Hall–Kier alpha value is -2.34. The van der Waals surface area contributed by atoms with Crippen molar-refractivity contribution >= 4 is 16.8 Å². The minimum atomic E-state index is 1.28. The van der Waals surface area contributed by atoms with E-state index in [0.29, 0.717) is 0 Å². The molecule has 0 heteroatoms. The molecule has 0 atom stereocenters. The molecule has 0 nitrogen and oxygen atoms in total. The average molecular weight is 258 g/mol. The summed E-state index contributed by atoms with van der Waals surface area (Å²) < 4.78 is 0. The van der Waals surface area contributed by atoms with Gasteiger partial charge in [-0.25, -0.2) is 0 Å². The zero-order valence-electron chi connectivity index (χ0n) is 11.9. The van der Waals surface area contributed by atoms with Gasteiger partial charge >= 0.3 is 0 Å². The standard InChI is InChI=1S/C20H18/c1-3-7-16-12-13-18(14-15(16)2)20-11-6-9-17-8-4-5-10-19(17)20/h3-14H,1-2H3. The molecule has 0 N–H and O–H groups in total. The van der Waals surface area contributed by atoms with Crippen molar-refractivity contribution in [2.24, 2.45) is 0 Å². The highest BCUT2D eigenvalue weighted by Crippen LogP contribution is 2.30. The Labute approximate surface area is 120 Å². The van der Waals surface area contributed by atoms with Gasteiger partial charge in [-0.05, 0) is 46.9 Å². The van der Waals surface area contributed by atoms with Crippen LogP contribution in [0.2, 0.25) is 0 Å². The molecule has 0 heterocycles. The van der Waals surface area contributed by atoms with E-state index in [9.17, 15) is 0 Å². The maximum atomic E-state index is 2.27. The van der Waals surface area contributed by atoms with Gasteiger partial charge in [0, 0.05) is 0 Å². The fourth-order valence-corrected chi connectivity index (χ4v) is 2.69. The molecule has 3 rings (SSSR count). The number of allylic oxidation sites excluding steroid dienone is 1. The van der Waals surface area contributed by atoms with Crippen molar-refractivity contribution in [1.82, 2.24) is 0 Å². The number of aryl methyl sites for hydroxylation is 1. The van der Waals surface area contributed by atoms with E-state index in [1.54, 1.807) is 0 Å². The third kappa shape index (κ3) is 2.25. The molecular weight excluding hydrogens is 240 g/mol. The van der Waals surface area contributed by atoms with E-state index >= 15 is 0 Å². The molecule has 0 aliphatic carbocycles. The Morgan fingerprint density at radius 3 is 2.45 bits per heavy atom. The first-order chi connectivity index (χ1) is 9.79. The van der Waals surface area contributed by atoms with Crippen molar-refractivity contribution in [1.29, 1.82) is 0 Å². The zero-order chi connectivity index (χ0) is 13.9. The van der Waals surface area contributed by atoms with E-state index in [0.717, 1.165) is 0 Å². The van der Waals surface area contributed by atoms with Crippen LogP contribution < -0.4 is 0 Å². The van der Waals surface area contributed by atoms with Gasteiger partial charge in [-0.1, -0.05) is 72.8 Å². The third-order valence-corrected chi connectivity index (χ3v) is 3.72. The van der Waals surface area contributed by atoms with Crippen LogP contribution in [0.5, 0.6) is 0 Å². The molecule has 0 unspecified atom stereocenters. The van der Waals surface area contributed by atoms with Crippen LogP contribution in [0, 0.1) is 6.92 Å². The lowest BCUT2D eigenvalue weighted by Crippen LogP contribution is -1.85. The van der Waals surface area contributed by atoms with E-state index in [-0.39, 0.29) is 0 Å². The number of hydrogen-bond acceptors (Lipinski definition) is 0. The summed E-state index contributed by atoms with van der Waals surface area (Å²) in [5.41, 5.74) is 5.19. The SMILES string of the molecule is CC=Cc1ccc(-c2cccc3ccccc23)cc1C. The lowest BCUT2D eigenvalue weighted by Gasteiger charge is -2.09. The summed E-state index contributed by atoms with van der Waals surface area (Å²) in [6.07, 6.45) is 4.24. The molecule has 0 saturated heterocycles. The number of rotatable bonds is 2. The Morgan fingerprint density at radius 1 is 0.850 bits per heavy atom. The topological polar surface area (TPSA) is 0 Å². The van der Waals surface area contributed by atoms with Crippen molar-refractivity contribution in [3.63, 3.8) is 0 Å².